The number of halogens is 2. The first-order chi connectivity index (χ1) is 8.58. The molecule has 2 rings (SSSR count). The van der Waals surface area contributed by atoms with Crippen LogP contribution in [0.1, 0.15) is 6.92 Å². The highest BCUT2D eigenvalue weighted by molar-refractivity contribution is 9.10. The molecule has 1 N–H and O–H groups in total. The van der Waals surface area contributed by atoms with Crippen molar-refractivity contribution in [2.24, 2.45) is 0 Å². The molecular weight excluding hydrogens is 318 g/mol. The molecule has 1 unspecified atom stereocenters. The van der Waals surface area contributed by atoms with E-state index < -0.39 is 0 Å². The Morgan fingerprint density at radius 2 is 2.33 bits per heavy atom. The van der Waals surface area contributed by atoms with Gasteiger partial charge in [0.15, 0.2) is 0 Å². The lowest BCUT2D eigenvalue weighted by atomic mass is 10.2. The fourth-order valence-corrected chi connectivity index (χ4v) is 1.74. The second-order valence-corrected chi connectivity index (χ2v) is 5.53. The van der Waals surface area contributed by atoms with Gasteiger partial charge in [-0.05, 0) is 31.2 Å². The summed E-state index contributed by atoms with van der Waals surface area (Å²) in [6.45, 7) is 1.76. The molecule has 1 atom stereocenters. The van der Waals surface area contributed by atoms with Crippen molar-refractivity contribution < 1.29 is 4.79 Å². The van der Waals surface area contributed by atoms with Crippen molar-refractivity contribution in [1.82, 2.24) is 9.78 Å². The second kappa shape index (κ2) is 5.54. The van der Waals surface area contributed by atoms with Crippen molar-refractivity contribution in [2.45, 2.75) is 11.8 Å². The van der Waals surface area contributed by atoms with Crippen LogP contribution >= 0.6 is 27.5 Å². The maximum Gasteiger partial charge on any atom is 0.237 e. The molecular formula is C12H11BrClN3O. The SMILES string of the molecule is CC(Br)C(=O)Nc1cc(Cl)ccc1-n1cccn1. The van der Waals surface area contributed by atoms with Gasteiger partial charge in [-0.3, -0.25) is 4.79 Å². The van der Waals surface area contributed by atoms with Gasteiger partial charge in [-0.2, -0.15) is 5.10 Å². The molecule has 0 fully saturated rings. The van der Waals surface area contributed by atoms with E-state index in [9.17, 15) is 4.79 Å². The number of amides is 1. The van der Waals surface area contributed by atoms with E-state index in [1.54, 1.807) is 36.1 Å². The number of carbonyl (C=O) groups excluding carboxylic acids is 1. The number of benzene rings is 1. The predicted molar refractivity (Wildman–Crippen MR) is 75.6 cm³/mol. The van der Waals surface area contributed by atoms with Crippen LogP contribution in [0.25, 0.3) is 5.69 Å². The molecule has 0 bridgehead atoms. The van der Waals surface area contributed by atoms with Crippen molar-refractivity contribution >= 4 is 39.1 Å². The van der Waals surface area contributed by atoms with Crippen LogP contribution in [-0.2, 0) is 4.79 Å². The molecule has 0 aliphatic rings. The molecule has 6 heteroatoms. The van der Waals surface area contributed by atoms with E-state index in [0.29, 0.717) is 10.7 Å². The first-order valence-electron chi connectivity index (χ1n) is 5.32. The van der Waals surface area contributed by atoms with Gasteiger partial charge in [0.05, 0.1) is 16.2 Å². The van der Waals surface area contributed by atoms with Gasteiger partial charge in [-0.15, -0.1) is 0 Å². The molecule has 1 heterocycles. The third kappa shape index (κ3) is 2.91. The van der Waals surface area contributed by atoms with E-state index in [1.807, 2.05) is 12.1 Å². The van der Waals surface area contributed by atoms with E-state index in [2.05, 4.69) is 26.3 Å². The summed E-state index contributed by atoms with van der Waals surface area (Å²) < 4.78 is 1.67. The number of rotatable bonds is 3. The minimum Gasteiger partial charge on any atom is -0.323 e. The first kappa shape index (κ1) is 13.1. The maximum absolute atomic E-state index is 11.7. The van der Waals surface area contributed by atoms with Crippen LogP contribution in [0.2, 0.25) is 5.02 Å². The van der Waals surface area contributed by atoms with Crippen molar-refractivity contribution in [1.29, 1.82) is 0 Å². The largest absolute Gasteiger partial charge is 0.323 e. The van der Waals surface area contributed by atoms with E-state index >= 15 is 0 Å². The van der Waals surface area contributed by atoms with Gasteiger partial charge in [0.1, 0.15) is 0 Å². The summed E-state index contributed by atoms with van der Waals surface area (Å²) in [5.41, 5.74) is 1.40. The van der Waals surface area contributed by atoms with E-state index in [0.717, 1.165) is 5.69 Å². The third-order valence-corrected chi connectivity index (χ3v) is 2.98. The molecule has 0 aliphatic carbocycles. The molecule has 0 aliphatic heterocycles. The Morgan fingerprint density at radius 3 is 2.94 bits per heavy atom. The van der Waals surface area contributed by atoms with Crippen molar-refractivity contribution in [3.8, 4) is 5.69 Å². The number of nitrogens with zero attached hydrogens (tertiary/aromatic N) is 2. The summed E-state index contributed by atoms with van der Waals surface area (Å²) in [5.74, 6) is -0.134. The van der Waals surface area contributed by atoms with Crippen molar-refractivity contribution in [2.75, 3.05) is 5.32 Å². The quantitative estimate of drug-likeness (QED) is 0.879. The molecule has 1 amide bonds. The number of alkyl halides is 1. The van der Waals surface area contributed by atoms with E-state index in [-0.39, 0.29) is 10.7 Å². The van der Waals surface area contributed by atoms with E-state index in [4.69, 9.17) is 11.6 Å². The summed E-state index contributed by atoms with van der Waals surface area (Å²) >= 11 is 9.17. The number of nitrogens with one attached hydrogen (secondary N) is 1. The topological polar surface area (TPSA) is 46.9 Å². The number of carbonyl (C=O) groups is 1. The zero-order valence-electron chi connectivity index (χ0n) is 9.60. The summed E-state index contributed by atoms with van der Waals surface area (Å²) in [7, 11) is 0. The van der Waals surface area contributed by atoms with Crippen LogP contribution in [0.5, 0.6) is 0 Å². The molecule has 1 aromatic carbocycles. The average molecular weight is 329 g/mol. The third-order valence-electron chi connectivity index (χ3n) is 2.33. The average Bonchev–Trinajstić information content (AvgIpc) is 2.82. The monoisotopic (exact) mass is 327 g/mol. The minimum atomic E-state index is -0.276. The predicted octanol–water partition coefficient (Wildman–Crippen LogP) is 3.25. The summed E-state index contributed by atoms with van der Waals surface area (Å²) in [5, 5.41) is 7.51. The summed E-state index contributed by atoms with van der Waals surface area (Å²) in [6.07, 6.45) is 3.48. The molecule has 4 nitrogen and oxygen atoms in total. The Hall–Kier alpha value is -1.33. The lowest BCUT2D eigenvalue weighted by Crippen LogP contribution is -2.21. The smallest absolute Gasteiger partial charge is 0.237 e. The molecule has 0 saturated carbocycles. The maximum atomic E-state index is 11.7. The zero-order chi connectivity index (χ0) is 13.1. The van der Waals surface area contributed by atoms with Gasteiger partial charge in [0.2, 0.25) is 5.91 Å². The molecule has 94 valence electrons. The standard InChI is InChI=1S/C12H11BrClN3O/c1-8(13)12(18)16-10-7-9(14)3-4-11(10)17-6-2-5-15-17/h2-8H,1H3,(H,16,18). The summed E-state index contributed by atoms with van der Waals surface area (Å²) in [6, 6.07) is 7.08. The number of anilines is 1. The van der Waals surface area contributed by atoms with Gasteiger partial charge < -0.3 is 5.32 Å². The van der Waals surface area contributed by atoms with Crippen LogP contribution in [0.3, 0.4) is 0 Å². The Balaban J connectivity index is 2.39. The van der Waals surface area contributed by atoms with Crippen LogP contribution in [0.15, 0.2) is 36.7 Å². The Morgan fingerprint density at radius 1 is 1.56 bits per heavy atom. The number of hydrogen-bond donors (Lipinski definition) is 1. The van der Waals surface area contributed by atoms with Gasteiger partial charge in [0.25, 0.3) is 0 Å². The zero-order valence-corrected chi connectivity index (χ0v) is 11.9. The van der Waals surface area contributed by atoms with Crippen molar-refractivity contribution in [3.05, 3.63) is 41.7 Å². The highest BCUT2D eigenvalue weighted by Crippen LogP contribution is 2.24. The number of aromatic nitrogens is 2. The molecule has 2 aromatic rings. The van der Waals surface area contributed by atoms with E-state index in [1.165, 1.54) is 0 Å². The highest BCUT2D eigenvalue weighted by Gasteiger charge is 2.13. The molecule has 18 heavy (non-hydrogen) atoms. The molecule has 1 aromatic heterocycles. The van der Waals surface area contributed by atoms with Crippen LogP contribution in [0, 0.1) is 0 Å². The Bertz CT molecular complexity index is 554. The fourth-order valence-electron chi connectivity index (χ4n) is 1.45. The molecule has 0 saturated heterocycles. The fraction of sp³-hybridized carbons (Fsp3) is 0.167. The lowest BCUT2D eigenvalue weighted by Gasteiger charge is -2.12. The van der Waals surface area contributed by atoms with Crippen LogP contribution in [-0.4, -0.2) is 20.5 Å². The number of hydrogen-bond acceptors (Lipinski definition) is 2. The Labute approximate surface area is 118 Å². The van der Waals surface area contributed by atoms with Gasteiger partial charge in [-0.1, -0.05) is 27.5 Å². The molecule has 0 spiro atoms. The summed E-state index contributed by atoms with van der Waals surface area (Å²) in [4.78, 5) is 11.4. The highest BCUT2D eigenvalue weighted by atomic mass is 79.9. The molecule has 0 radical (unpaired) electrons. The minimum absolute atomic E-state index is 0.134. The lowest BCUT2D eigenvalue weighted by molar-refractivity contribution is -0.115. The van der Waals surface area contributed by atoms with Gasteiger partial charge in [-0.25, -0.2) is 4.68 Å². The van der Waals surface area contributed by atoms with Gasteiger partial charge >= 0.3 is 0 Å². The van der Waals surface area contributed by atoms with Gasteiger partial charge in [0, 0.05) is 17.4 Å². The Kier molecular flexibility index (Phi) is 4.04. The van der Waals surface area contributed by atoms with Crippen molar-refractivity contribution in [3.63, 3.8) is 0 Å². The van der Waals surface area contributed by atoms with Crippen LogP contribution in [0.4, 0.5) is 5.69 Å². The normalized spacial score (nSPS) is 12.2. The first-order valence-corrected chi connectivity index (χ1v) is 6.62. The van der Waals surface area contributed by atoms with Crippen LogP contribution < -0.4 is 5.32 Å². The second-order valence-electron chi connectivity index (χ2n) is 3.72.